The molecule has 3 heterocycles. The number of anilines is 1. The van der Waals surface area contributed by atoms with Crippen molar-refractivity contribution in [2.24, 2.45) is 7.05 Å². The Balaban J connectivity index is 1.63. The second-order valence-electron chi connectivity index (χ2n) is 7.61. The predicted molar refractivity (Wildman–Crippen MR) is 109 cm³/mol. The molecule has 3 aromatic rings. The van der Waals surface area contributed by atoms with Crippen molar-refractivity contribution in [2.45, 2.75) is 57.8 Å². The lowest BCUT2D eigenvalue weighted by Gasteiger charge is -2.28. The zero-order valence-electron chi connectivity index (χ0n) is 16.8. The van der Waals surface area contributed by atoms with Crippen molar-refractivity contribution in [1.82, 2.24) is 29.9 Å². The van der Waals surface area contributed by atoms with Crippen molar-refractivity contribution in [3.05, 3.63) is 35.9 Å². The molecule has 0 aliphatic heterocycles. The number of carbonyl (C=O) groups is 1. The Kier molecular flexibility index (Phi) is 5.48. The molecule has 1 aliphatic carbocycles. The minimum Gasteiger partial charge on any atom is -0.393 e. The molecule has 1 aliphatic rings. The van der Waals surface area contributed by atoms with E-state index in [1.54, 1.807) is 23.3 Å². The molecule has 154 valence electrons. The van der Waals surface area contributed by atoms with Crippen LogP contribution in [-0.4, -0.2) is 47.7 Å². The van der Waals surface area contributed by atoms with Crippen molar-refractivity contribution in [3.63, 3.8) is 0 Å². The molecule has 2 atom stereocenters. The number of pyridine rings is 1. The van der Waals surface area contributed by atoms with E-state index in [1.165, 1.54) is 0 Å². The van der Waals surface area contributed by atoms with E-state index in [4.69, 9.17) is 0 Å². The third-order valence-corrected chi connectivity index (χ3v) is 5.42. The summed E-state index contributed by atoms with van der Waals surface area (Å²) in [7, 11) is 1.84. The number of aromatic nitrogens is 5. The summed E-state index contributed by atoms with van der Waals surface area (Å²) in [5.74, 6) is -0.202. The normalized spacial score (nSPS) is 19.4. The first-order chi connectivity index (χ1) is 14.0. The highest BCUT2D eigenvalue weighted by Crippen LogP contribution is 2.30. The van der Waals surface area contributed by atoms with Gasteiger partial charge in [0.05, 0.1) is 35.1 Å². The van der Waals surface area contributed by atoms with Gasteiger partial charge in [-0.25, -0.2) is 9.67 Å². The third kappa shape index (κ3) is 4.09. The van der Waals surface area contributed by atoms with Gasteiger partial charge in [0, 0.05) is 44.1 Å². The van der Waals surface area contributed by atoms with Crippen LogP contribution < -0.4 is 10.6 Å². The lowest BCUT2D eigenvalue weighted by atomic mass is 9.92. The molecule has 3 aromatic heterocycles. The fraction of sp³-hybridized carbons (Fsp3) is 0.500. The first-order valence-electron chi connectivity index (χ1n) is 10.1. The molecule has 9 heteroatoms. The summed E-state index contributed by atoms with van der Waals surface area (Å²) in [6.07, 6.45) is 10.1. The van der Waals surface area contributed by atoms with E-state index in [-0.39, 0.29) is 18.1 Å². The van der Waals surface area contributed by atoms with Gasteiger partial charge in [0.2, 0.25) is 0 Å². The fourth-order valence-corrected chi connectivity index (χ4v) is 3.93. The Labute approximate surface area is 169 Å². The SMILES string of the molecule is CCn1ncc2c(N[C@H]3CCC[C@H](O)C3)c(C(=O)NCc3cnn(C)c3)cnc21. The van der Waals surface area contributed by atoms with Gasteiger partial charge in [-0.3, -0.25) is 9.48 Å². The molecule has 0 spiro atoms. The van der Waals surface area contributed by atoms with E-state index >= 15 is 0 Å². The van der Waals surface area contributed by atoms with Crippen LogP contribution in [0, 0.1) is 0 Å². The van der Waals surface area contributed by atoms with Crippen molar-refractivity contribution in [2.75, 3.05) is 5.32 Å². The van der Waals surface area contributed by atoms with Crippen LogP contribution in [0.15, 0.2) is 24.8 Å². The van der Waals surface area contributed by atoms with Crippen LogP contribution >= 0.6 is 0 Å². The van der Waals surface area contributed by atoms with Gasteiger partial charge in [0.25, 0.3) is 5.91 Å². The molecule has 9 nitrogen and oxygen atoms in total. The van der Waals surface area contributed by atoms with Crippen LogP contribution in [0.5, 0.6) is 0 Å². The molecule has 0 saturated heterocycles. The smallest absolute Gasteiger partial charge is 0.255 e. The number of carbonyl (C=O) groups excluding carboxylic acids is 1. The van der Waals surface area contributed by atoms with Crippen LogP contribution in [0.1, 0.15) is 48.5 Å². The summed E-state index contributed by atoms with van der Waals surface area (Å²) in [5.41, 5.74) is 2.89. The number of amides is 1. The fourth-order valence-electron chi connectivity index (χ4n) is 3.93. The number of rotatable bonds is 6. The van der Waals surface area contributed by atoms with Gasteiger partial charge in [-0.2, -0.15) is 10.2 Å². The number of nitrogens with one attached hydrogen (secondary N) is 2. The second kappa shape index (κ2) is 8.20. The lowest BCUT2D eigenvalue weighted by molar-refractivity contribution is 0.0951. The molecule has 0 radical (unpaired) electrons. The van der Waals surface area contributed by atoms with Gasteiger partial charge < -0.3 is 15.7 Å². The summed E-state index contributed by atoms with van der Waals surface area (Å²) in [6.45, 7) is 3.10. The van der Waals surface area contributed by atoms with Gasteiger partial charge in [0.1, 0.15) is 0 Å². The lowest BCUT2D eigenvalue weighted by Crippen LogP contribution is -2.31. The number of aliphatic hydroxyl groups excluding tert-OH is 1. The first kappa shape index (κ1) is 19.4. The number of aryl methyl sites for hydroxylation is 2. The molecule has 1 fully saturated rings. The Hall–Kier alpha value is -2.94. The van der Waals surface area contributed by atoms with Gasteiger partial charge in [0.15, 0.2) is 5.65 Å². The Morgan fingerprint density at radius 1 is 1.28 bits per heavy atom. The average molecular weight is 397 g/mol. The van der Waals surface area contributed by atoms with Gasteiger partial charge in [-0.1, -0.05) is 0 Å². The monoisotopic (exact) mass is 397 g/mol. The quantitative estimate of drug-likeness (QED) is 0.585. The minimum absolute atomic E-state index is 0.110. The molecule has 29 heavy (non-hydrogen) atoms. The zero-order valence-corrected chi connectivity index (χ0v) is 16.8. The number of nitrogens with zero attached hydrogens (tertiary/aromatic N) is 5. The highest BCUT2D eigenvalue weighted by molar-refractivity contribution is 6.06. The maximum absolute atomic E-state index is 13.0. The van der Waals surface area contributed by atoms with Gasteiger partial charge >= 0.3 is 0 Å². The van der Waals surface area contributed by atoms with E-state index in [9.17, 15) is 9.90 Å². The summed E-state index contributed by atoms with van der Waals surface area (Å²) in [4.78, 5) is 17.5. The Morgan fingerprint density at radius 2 is 2.14 bits per heavy atom. The topological polar surface area (TPSA) is 110 Å². The summed E-state index contributed by atoms with van der Waals surface area (Å²) >= 11 is 0. The summed E-state index contributed by atoms with van der Waals surface area (Å²) < 4.78 is 3.52. The van der Waals surface area contributed by atoms with Crippen molar-refractivity contribution < 1.29 is 9.90 Å². The molecule has 3 N–H and O–H groups in total. The molecule has 4 rings (SSSR count). The number of hydrogen-bond donors (Lipinski definition) is 3. The second-order valence-corrected chi connectivity index (χ2v) is 7.61. The Bertz CT molecular complexity index is 1010. The average Bonchev–Trinajstić information content (AvgIpc) is 3.32. The van der Waals surface area contributed by atoms with Crippen LogP contribution in [0.4, 0.5) is 5.69 Å². The molecule has 0 bridgehead atoms. The summed E-state index contributed by atoms with van der Waals surface area (Å²) in [5, 5.41) is 25.9. The zero-order chi connectivity index (χ0) is 20.4. The predicted octanol–water partition coefficient (Wildman–Crippen LogP) is 1.83. The first-order valence-corrected chi connectivity index (χ1v) is 10.1. The van der Waals surface area contributed by atoms with E-state index < -0.39 is 0 Å². The number of aliphatic hydroxyl groups is 1. The molecule has 1 saturated carbocycles. The van der Waals surface area contributed by atoms with Crippen molar-refractivity contribution >= 4 is 22.6 Å². The van der Waals surface area contributed by atoms with E-state index in [1.807, 2.05) is 24.9 Å². The minimum atomic E-state index is -0.306. The largest absolute Gasteiger partial charge is 0.393 e. The van der Waals surface area contributed by atoms with Crippen molar-refractivity contribution in [3.8, 4) is 0 Å². The van der Waals surface area contributed by atoms with Crippen LogP contribution in [0.2, 0.25) is 0 Å². The number of hydrogen-bond acceptors (Lipinski definition) is 6. The van der Waals surface area contributed by atoms with E-state index in [0.717, 1.165) is 41.5 Å². The molecular formula is C20H27N7O2. The standard InChI is InChI=1S/C20H27N7O2/c1-3-27-19-16(11-24-27)18(25-14-5-4-6-15(28)7-14)17(10-21-19)20(29)22-8-13-9-23-26(2)12-13/h9-12,14-15,28H,3-8H2,1-2H3,(H,21,25)(H,22,29)/t14-,15-/m0/s1. The van der Waals surface area contributed by atoms with Gasteiger partial charge in [-0.05, 0) is 32.6 Å². The maximum Gasteiger partial charge on any atom is 0.255 e. The molecule has 1 amide bonds. The maximum atomic E-state index is 13.0. The van der Waals surface area contributed by atoms with Crippen molar-refractivity contribution in [1.29, 1.82) is 0 Å². The van der Waals surface area contributed by atoms with Crippen LogP contribution in [0.25, 0.3) is 11.0 Å². The molecule has 0 aromatic carbocycles. The molecular weight excluding hydrogens is 370 g/mol. The Morgan fingerprint density at radius 3 is 2.86 bits per heavy atom. The highest BCUT2D eigenvalue weighted by atomic mass is 16.3. The van der Waals surface area contributed by atoms with Gasteiger partial charge in [-0.15, -0.1) is 0 Å². The van der Waals surface area contributed by atoms with Crippen LogP contribution in [-0.2, 0) is 20.1 Å². The number of fused-ring (bicyclic) bond motifs is 1. The van der Waals surface area contributed by atoms with E-state index in [2.05, 4.69) is 25.8 Å². The van der Waals surface area contributed by atoms with E-state index in [0.29, 0.717) is 25.1 Å². The third-order valence-electron chi connectivity index (χ3n) is 5.42. The molecule has 0 unspecified atom stereocenters. The highest BCUT2D eigenvalue weighted by Gasteiger charge is 2.24. The summed E-state index contributed by atoms with van der Waals surface area (Å²) in [6, 6.07) is 0.110. The van der Waals surface area contributed by atoms with Crippen LogP contribution in [0.3, 0.4) is 0 Å².